The van der Waals surface area contributed by atoms with Crippen molar-refractivity contribution in [1.82, 2.24) is 21.3 Å². The minimum absolute atomic E-state index is 0.00895. The highest BCUT2D eigenvalue weighted by molar-refractivity contribution is 6.14. The molecule has 5 unspecified atom stereocenters. The summed E-state index contributed by atoms with van der Waals surface area (Å²) < 4.78 is 45.4. The molecule has 4 amide bonds. The van der Waals surface area contributed by atoms with Crippen molar-refractivity contribution in [3.8, 4) is 44.9 Å². The molecule has 6 aromatic carbocycles. The molecule has 2 fully saturated rings. The lowest BCUT2D eigenvalue weighted by Gasteiger charge is -2.26. The zero-order valence-electron chi connectivity index (χ0n) is 49.2. The fourth-order valence-corrected chi connectivity index (χ4v) is 12.2. The number of carbonyl (C=O) groups is 4. The third-order valence-electron chi connectivity index (χ3n) is 16.6. The van der Waals surface area contributed by atoms with Gasteiger partial charge in [-0.1, -0.05) is 51.0 Å². The van der Waals surface area contributed by atoms with Gasteiger partial charge in [0.05, 0.1) is 23.8 Å². The number of furan rings is 2. The molecular weight excluding hydrogens is 1070 g/mol. The fraction of sp³-hybridized carbons (Fsp3) is 0.353. The number of amides is 4. The van der Waals surface area contributed by atoms with Crippen molar-refractivity contribution < 1.29 is 46.6 Å². The van der Waals surface area contributed by atoms with Crippen LogP contribution in [-0.2, 0) is 4.74 Å². The number of rotatable bonds is 19. The van der Waals surface area contributed by atoms with E-state index in [1.54, 1.807) is 44.4 Å². The maximum Gasteiger partial charge on any atom is 0.255 e. The monoisotopic (exact) mass is 1140 g/mol. The Morgan fingerprint density at radius 2 is 1.06 bits per heavy atom. The molecule has 10 rings (SSSR count). The van der Waals surface area contributed by atoms with Crippen LogP contribution in [0.1, 0.15) is 109 Å². The van der Waals surface area contributed by atoms with Crippen LogP contribution in [0.2, 0.25) is 0 Å². The van der Waals surface area contributed by atoms with Crippen LogP contribution in [0.5, 0.6) is 0 Å². The first-order chi connectivity index (χ1) is 40.7. The Bertz CT molecular complexity index is 3640. The number of benzene rings is 6. The number of fused-ring (bicyclic) bond motifs is 2. The van der Waals surface area contributed by atoms with Gasteiger partial charge in [0, 0.05) is 133 Å². The molecule has 440 valence electrons. The van der Waals surface area contributed by atoms with Crippen molar-refractivity contribution in [1.29, 1.82) is 0 Å². The Labute approximate surface area is 489 Å². The van der Waals surface area contributed by atoms with Crippen LogP contribution in [0.3, 0.4) is 0 Å². The lowest BCUT2D eigenvalue weighted by atomic mass is 9.90. The first-order valence-corrected chi connectivity index (χ1v) is 29.4. The zero-order chi connectivity index (χ0) is 59.8. The van der Waals surface area contributed by atoms with Crippen LogP contribution in [0, 0.1) is 29.4 Å². The van der Waals surface area contributed by atoms with E-state index in [-0.39, 0.29) is 65.8 Å². The quantitative estimate of drug-likeness (QED) is 0.0523. The minimum Gasteiger partial charge on any atom is -0.455 e. The lowest BCUT2D eigenvalue weighted by Crippen LogP contribution is -2.43. The van der Waals surface area contributed by atoms with Gasteiger partial charge in [0.1, 0.15) is 34.3 Å². The van der Waals surface area contributed by atoms with Crippen LogP contribution in [0.15, 0.2) is 130 Å². The summed E-state index contributed by atoms with van der Waals surface area (Å²) in [5.41, 5.74) is 9.39. The zero-order valence-corrected chi connectivity index (χ0v) is 49.2. The second-order valence-electron chi connectivity index (χ2n) is 21.7. The van der Waals surface area contributed by atoms with E-state index >= 15 is 0 Å². The molecule has 0 spiro atoms. The summed E-state index contributed by atoms with van der Waals surface area (Å²) in [7, 11) is 3.14. The van der Waals surface area contributed by atoms with Crippen molar-refractivity contribution in [3.05, 3.63) is 155 Å². The number of ether oxygens (including phenoxy) is 1. The summed E-state index contributed by atoms with van der Waals surface area (Å²) in [5, 5.41) is 23.2. The molecule has 1 aliphatic carbocycles. The maximum absolute atomic E-state index is 13.7. The van der Waals surface area contributed by atoms with Crippen LogP contribution in [0.25, 0.3) is 66.8 Å². The molecule has 0 bridgehead atoms. The Hall–Kier alpha value is -8.34. The highest BCUT2D eigenvalue weighted by Crippen LogP contribution is 2.44. The van der Waals surface area contributed by atoms with E-state index in [2.05, 4.69) is 72.6 Å². The molecule has 1 saturated carbocycles. The summed E-state index contributed by atoms with van der Waals surface area (Å²) in [4.78, 5) is 57.5. The summed E-state index contributed by atoms with van der Waals surface area (Å²) in [5.74, 6) is -0.203. The number of halogens is 2. The van der Waals surface area contributed by atoms with Gasteiger partial charge in [-0.3, -0.25) is 19.2 Å². The topological polar surface area (TPSA) is 179 Å². The molecule has 2 aliphatic rings. The first-order valence-electron chi connectivity index (χ1n) is 29.4. The highest BCUT2D eigenvalue weighted by Gasteiger charge is 2.41. The normalized spacial score (nSPS) is 17.4. The number of hydrogen-bond donors (Lipinski definition) is 5. The van der Waals surface area contributed by atoms with Gasteiger partial charge in [-0.15, -0.1) is 0 Å². The number of nitrogens with zero attached hydrogens (tertiary/aromatic N) is 2. The SMILES string of the molecule is CCCC1CC(C)C(NC(=O)c2cccc(-c3cc4c(C(=O)NC)c(-c5ccc(F)cc5)oc4cc3N(CC)CC)c2)C1CO.CCN(CC)c1cc2oc(-c3ccc(F)cc3)c(C(=O)NC)c2cc1-c1cccc(C(=O)NC2CCOC2)c1. The van der Waals surface area contributed by atoms with E-state index in [9.17, 15) is 33.1 Å². The van der Waals surface area contributed by atoms with E-state index in [0.717, 1.165) is 85.5 Å². The summed E-state index contributed by atoms with van der Waals surface area (Å²) >= 11 is 0. The summed E-state index contributed by atoms with van der Waals surface area (Å²) in [6.45, 7) is 16.8. The van der Waals surface area contributed by atoms with E-state index in [1.807, 2.05) is 66.7 Å². The molecule has 8 aromatic rings. The lowest BCUT2D eigenvalue weighted by molar-refractivity contribution is 0.0887. The molecule has 1 saturated heterocycles. The minimum atomic E-state index is -0.374. The molecular formula is C68H76F2N6O8. The van der Waals surface area contributed by atoms with Crippen LogP contribution in [0.4, 0.5) is 20.2 Å². The smallest absolute Gasteiger partial charge is 0.255 e. The van der Waals surface area contributed by atoms with Gasteiger partial charge in [-0.05, 0) is 148 Å². The average molecular weight is 1140 g/mol. The van der Waals surface area contributed by atoms with E-state index < -0.39 is 0 Å². The molecule has 16 heteroatoms. The van der Waals surface area contributed by atoms with Gasteiger partial charge < -0.3 is 49.7 Å². The van der Waals surface area contributed by atoms with Crippen LogP contribution in [-0.4, -0.2) is 101 Å². The standard InChI is InChI=1S/C37H44FN3O4.C31H32FN3O4/c1-6-10-24-17-22(4)34(30(24)21-42)40-36(43)26-12-9-11-25(18-26)28-19-29-32(20-31(28)41(7-2)8-3)45-35(33(29)37(44)39-5)23-13-15-27(38)16-14-23;1-4-35(5-2)26-17-27-25(28(31(37)33-3)29(39-27)19-9-11-22(32)12-10-19)16-24(26)20-7-6-8-21(15-20)30(36)34-23-13-14-38-18-23/h9,11-16,18-20,22,24,30,34,42H,6-8,10,17,21H2,1-5H3,(H,39,44)(H,40,43);6-12,15-17,23H,4-5,13-14,18H2,1-3H3,(H,33,37)(H,34,36). The largest absolute Gasteiger partial charge is 0.455 e. The number of carbonyl (C=O) groups excluding carboxylic acids is 4. The van der Waals surface area contributed by atoms with E-state index in [4.69, 9.17) is 13.6 Å². The van der Waals surface area contributed by atoms with Crippen molar-refractivity contribution >= 4 is 56.9 Å². The van der Waals surface area contributed by atoms with Crippen molar-refractivity contribution in [2.75, 3.05) is 69.9 Å². The van der Waals surface area contributed by atoms with Gasteiger partial charge in [0.25, 0.3) is 23.6 Å². The maximum atomic E-state index is 13.7. The molecule has 0 radical (unpaired) electrons. The summed E-state index contributed by atoms with van der Waals surface area (Å²) in [6, 6.07) is 34.6. The summed E-state index contributed by atoms with van der Waals surface area (Å²) in [6.07, 6.45) is 3.89. The molecule has 3 heterocycles. The van der Waals surface area contributed by atoms with Gasteiger partial charge in [-0.2, -0.15) is 0 Å². The molecule has 5 N–H and O–H groups in total. The van der Waals surface area contributed by atoms with Crippen molar-refractivity contribution in [3.63, 3.8) is 0 Å². The predicted octanol–water partition coefficient (Wildman–Crippen LogP) is 12.9. The molecule has 5 atom stereocenters. The third-order valence-corrected chi connectivity index (χ3v) is 16.6. The predicted molar refractivity (Wildman–Crippen MR) is 329 cm³/mol. The number of aliphatic hydroxyl groups excluding tert-OH is 1. The number of aliphatic hydroxyl groups is 1. The van der Waals surface area contributed by atoms with Crippen molar-refractivity contribution in [2.24, 2.45) is 17.8 Å². The van der Waals surface area contributed by atoms with Gasteiger partial charge in [-0.25, -0.2) is 8.78 Å². The Kier molecular flexibility index (Phi) is 19.3. The molecule has 2 aromatic heterocycles. The fourth-order valence-electron chi connectivity index (χ4n) is 12.2. The first kappa shape index (κ1) is 60.3. The number of anilines is 2. The second kappa shape index (κ2) is 26.9. The van der Waals surface area contributed by atoms with Crippen molar-refractivity contribution in [2.45, 2.75) is 79.3 Å². The van der Waals surface area contributed by atoms with Gasteiger partial charge in [0.2, 0.25) is 0 Å². The number of nitrogens with one attached hydrogen (secondary N) is 4. The number of hydrogen-bond acceptors (Lipinski definition) is 10. The van der Waals surface area contributed by atoms with Gasteiger partial charge >= 0.3 is 0 Å². The third kappa shape index (κ3) is 12.6. The van der Waals surface area contributed by atoms with Gasteiger partial charge in [0.15, 0.2) is 0 Å². The Balaban J connectivity index is 0.000000204. The molecule has 84 heavy (non-hydrogen) atoms. The van der Waals surface area contributed by atoms with Crippen LogP contribution >= 0.6 is 0 Å². The Morgan fingerprint density at radius 1 is 0.595 bits per heavy atom. The van der Waals surface area contributed by atoms with Crippen LogP contribution < -0.4 is 31.1 Å². The average Bonchev–Trinajstić information content (AvgIpc) is 2.56. The van der Waals surface area contributed by atoms with E-state index in [1.165, 1.54) is 24.3 Å². The van der Waals surface area contributed by atoms with E-state index in [0.29, 0.717) is 86.0 Å². The second-order valence-corrected chi connectivity index (χ2v) is 21.7. The molecule has 14 nitrogen and oxygen atoms in total. The molecule has 1 aliphatic heterocycles. The Morgan fingerprint density at radius 3 is 1.46 bits per heavy atom. The highest BCUT2D eigenvalue weighted by atomic mass is 19.1.